The average molecular weight is 409 g/mol. The summed E-state index contributed by atoms with van der Waals surface area (Å²) in [5.41, 5.74) is 2.11. The van der Waals surface area contributed by atoms with Crippen LogP contribution in [0.4, 0.5) is 0 Å². The maximum absolute atomic E-state index is 12.1. The van der Waals surface area contributed by atoms with Gasteiger partial charge in [0.25, 0.3) is 5.91 Å². The molecule has 2 heterocycles. The molecule has 1 aliphatic carbocycles. The predicted molar refractivity (Wildman–Crippen MR) is 111 cm³/mol. The number of hydrogen-bond acceptors (Lipinski definition) is 5. The van der Waals surface area contributed by atoms with Crippen molar-refractivity contribution in [2.24, 2.45) is 0 Å². The van der Waals surface area contributed by atoms with E-state index in [1.54, 1.807) is 12.3 Å². The van der Waals surface area contributed by atoms with Crippen LogP contribution in [0.5, 0.6) is 0 Å². The second kappa shape index (κ2) is 9.49. The van der Waals surface area contributed by atoms with E-state index < -0.39 is 24.0 Å². The van der Waals surface area contributed by atoms with Crippen molar-refractivity contribution in [1.29, 1.82) is 5.26 Å². The first-order chi connectivity index (χ1) is 14.4. The van der Waals surface area contributed by atoms with E-state index in [2.05, 4.69) is 16.0 Å². The maximum Gasteiger partial charge on any atom is 0.331 e. The molecule has 0 saturated heterocycles. The Bertz CT molecular complexity index is 957. The summed E-state index contributed by atoms with van der Waals surface area (Å²) in [4.78, 5) is 24.2. The van der Waals surface area contributed by atoms with Crippen molar-refractivity contribution in [1.82, 2.24) is 9.88 Å². The number of carbonyl (C=O) groups excluding carboxylic acids is 2. The van der Waals surface area contributed by atoms with Gasteiger partial charge in [-0.1, -0.05) is 19.3 Å². The van der Waals surface area contributed by atoms with E-state index in [4.69, 9.17) is 9.15 Å². The fourth-order valence-corrected chi connectivity index (χ4v) is 3.86. The summed E-state index contributed by atoms with van der Waals surface area (Å²) < 4.78 is 12.6. The van der Waals surface area contributed by atoms with Crippen LogP contribution in [0.15, 0.2) is 35.0 Å². The molecule has 1 N–H and O–H groups in total. The lowest BCUT2D eigenvalue weighted by atomic mass is 9.83. The summed E-state index contributed by atoms with van der Waals surface area (Å²) in [7, 11) is 0. The molecule has 1 amide bonds. The van der Waals surface area contributed by atoms with Crippen molar-refractivity contribution in [3.05, 3.63) is 53.2 Å². The second-order valence-corrected chi connectivity index (χ2v) is 7.74. The van der Waals surface area contributed by atoms with Crippen molar-refractivity contribution in [3.63, 3.8) is 0 Å². The quantitative estimate of drug-likeness (QED) is 0.556. The second-order valence-electron chi connectivity index (χ2n) is 7.74. The van der Waals surface area contributed by atoms with E-state index in [0.29, 0.717) is 19.4 Å². The number of nitrogens with zero attached hydrogens (tertiary/aromatic N) is 2. The van der Waals surface area contributed by atoms with Crippen molar-refractivity contribution in [3.8, 4) is 6.07 Å². The summed E-state index contributed by atoms with van der Waals surface area (Å²) in [6.07, 6.45) is 8.80. The smallest absolute Gasteiger partial charge is 0.331 e. The molecule has 3 rings (SSSR count). The molecule has 1 aliphatic rings. The van der Waals surface area contributed by atoms with Gasteiger partial charge in [-0.25, -0.2) is 4.79 Å². The number of ether oxygens (including phenoxy) is 1. The molecule has 0 aromatic carbocycles. The van der Waals surface area contributed by atoms with E-state index in [1.807, 2.05) is 32.0 Å². The van der Waals surface area contributed by atoms with Gasteiger partial charge in [-0.2, -0.15) is 5.26 Å². The largest absolute Gasteiger partial charge is 0.467 e. The molecule has 2 aromatic rings. The highest BCUT2D eigenvalue weighted by Crippen LogP contribution is 2.27. The van der Waals surface area contributed by atoms with E-state index in [9.17, 15) is 14.9 Å². The normalized spacial score (nSPS) is 15.6. The minimum atomic E-state index is -0.830. The highest BCUT2D eigenvalue weighted by Gasteiger charge is 2.33. The fourth-order valence-electron chi connectivity index (χ4n) is 3.86. The zero-order valence-electron chi connectivity index (χ0n) is 17.4. The first-order valence-corrected chi connectivity index (χ1v) is 10.2. The molecular formula is C23H27N3O4. The summed E-state index contributed by atoms with van der Waals surface area (Å²) >= 11 is 0. The van der Waals surface area contributed by atoms with Gasteiger partial charge in [0.2, 0.25) is 0 Å². The number of rotatable bonds is 7. The number of carbonyl (C=O) groups is 2. The predicted octanol–water partition coefficient (Wildman–Crippen LogP) is 3.65. The number of nitriles is 1. The highest BCUT2D eigenvalue weighted by molar-refractivity contribution is 5.89. The molecule has 0 aliphatic heterocycles. The zero-order valence-corrected chi connectivity index (χ0v) is 17.4. The summed E-state index contributed by atoms with van der Waals surface area (Å²) in [5, 5.41) is 12.2. The molecule has 0 unspecified atom stereocenters. The van der Waals surface area contributed by atoms with Crippen LogP contribution in [-0.2, 0) is 20.9 Å². The molecule has 1 saturated carbocycles. The molecular weight excluding hydrogens is 382 g/mol. The molecule has 0 spiro atoms. The molecule has 158 valence electrons. The minimum absolute atomic E-state index is 0.399. The lowest BCUT2D eigenvalue weighted by Crippen LogP contribution is -2.49. The monoisotopic (exact) mass is 409 g/mol. The van der Waals surface area contributed by atoms with Gasteiger partial charge in [0, 0.05) is 17.5 Å². The average Bonchev–Trinajstić information content (AvgIpc) is 3.35. The Morgan fingerprint density at radius 3 is 2.77 bits per heavy atom. The molecule has 1 fully saturated rings. The van der Waals surface area contributed by atoms with Gasteiger partial charge in [0.15, 0.2) is 6.61 Å². The molecule has 7 heteroatoms. The Balaban J connectivity index is 1.53. The number of aromatic nitrogens is 1. The Morgan fingerprint density at radius 1 is 1.33 bits per heavy atom. The summed E-state index contributed by atoms with van der Waals surface area (Å²) in [5.74, 6) is -0.196. The molecule has 7 nitrogen and oxygen atoms in total. The van der Waals surface area contributed by atoms with Crippen molar-refractivity contribution in [2.75, 3.05) is 6.61 Å². The van der Waals surface area contributed by atoms with Gasteiger partial charge in [-0.05, 0) is 56.5 Å². The molecule has 0 bridgehead atoms. The summed E-state index contributed by atoms with van der Waals surface area (Å²) in [6.45, 7) is 4.18. The first-order valence-electron chi connectivity index (χ1n) is 10.2. The van der Waals surface area contributed by atoms with Crippen molar-refractivity contribution >= 4 is 18.0 Å². The molecule has 0 atom stereocenters. The highest BCUT2D eigenvalue weighted by atomic mass is 16.5. The maximum atomic E-state index is 12.1. The number of esters is 1. The van der Waals surface area contributed by atoms with E-state index in [0.717, 1.165) is 42.0 Å². The SMILES string of the molecule is Cc1cc(/C=C/C(=O)OCC(=O)NC2(C#N)CCCCC2)c(C)n1Cc1ccco1. The van der Waals surface area contributed by atoms with Crippen LogP contribution in [0.1, 0.15) is 54.8 Å². The van der Waals surface area contributed by atoms with Crippen molar-refractivity contribution < 1.29 is 18.7 Å². The lowest BCUT2D eigenvalue weighted by molar-refractivity contribution is -0.144. The summed E-state index contributed by atoms with van der Waals surface area (Å²) in [6, 6.07) is 7.96. The van der Waals surface area contributed by atoms with Gasteiger partial charge in [-0.15, -0.1) is 0 Å². The molecule has 30 heavy (non-hydrogen) atoms. The molecule has 2 aromatic heterocycles. The number of nitrogens with one attached hydrogen (secondary N) is 1. The van der Waals surface area contributed by atoms with Crippen LogP contribution < -0.4 is 5.32 Å². The minimum Gasteiger partial charge on any atom is -0.467 e. The van der Waals surface area contributed by atoms with Gasteiger partial charge < -0.3 is 19.0 Å². The van der Waals surface area contributed by atoms with Crippen LogP contribution in [0.2, 0.25) is 0 Å². The topological polar surface area (TPSA) is 97.3 Å². The Labute approximate surface area is 176 Å². The molecule has 0 radical (unpaired) electrons. The van der Waals surface area contributed by atoms with Gasteiger partial charge >= 0.3 is 5.97 Å². The number of aryl methyl sites for hydroxylation is 1. The zero-order chi connectivity index (χ0) is 21.6. The van der Waals surface area contributed by atoms with Gasteiger partial charge in [0.1, 0.15) is 11.3 Å². The Hall–Kier alpha value is -3.27. The van der Waals surface area contributed by atoms with Crippen LogP contribution in [0.25, 0.3) is 6.08 Å². The number of hydrogen-bond donors (Lipinski definition) is 1. The van der Waals surface area contributed by atoms with Crippen LogP contribution in [-0.4, -0.2) is 28.6 Å². The Kier molecular flexibility index (Phi) is 6.78. The van der Waals surface area contributed by atoms with E-state index in [-0.39, 0.29) is 0 Å². The number of furan rings is 1. The third kappa shape index (κ3) is 5.20. The third-order valence-corrected chi connectivity index (χ3v) is 5.55. The number of amides is 1. The van der Waals surface area contributed by atoms with Gasteiger partial charge in [-0.3, -0.25) is 4.79 Å². The fraction of sp³-hybridized carbons (Fsp3) is 0.435. The van der Waals surface area contributed by atoms with Crippen LogP contribution >= 0.6 is 0 Å². The Morgan fingerprint density at radius 2 is 2.10 bits per heavy atom. The van der Waals surface area contributed by atoms with E-state index >= 15 is 0 Å². The lowest BCUT2D eigenvalue weighted by Gasteiger charge is -2.31. The van der Waals surface area contributed by atoms with E-state index in [1.165, 1.54) is 6.08 Å². The first kappa shape index (κ1) is 21.4. The van der Waals surface area contributed by atoms with Crippen LogP contribution in [0.3, 0.4) is 0 Å². The third-order valence-electron chi connectivity index (χ3n) is 5.55. The van der Waals surface area contributed by atoms with Crippen molar-refractivity contribution in [2.45, 2.75) is 58.0 Å². The van der Waals surface area contributed by atoms with Crippen LogP contribution in [0, 0.1) is 25.2 Å². The van der Waals surface area contributed by atoms with Gasteiger partial charge in [0.05, 0.1) is 18.9 Å². The standard InChI is InChI=1S/C23H27N3O4/c1-17-13-19(18(2)26(17)14-20-7-6-12-29-20)8-9-22(28)30-15-21(27)25-23(16-24)10-4-3-5-11-23/h6-9,12-13H,3-5,10-11,14-15H2,1-2H3,(H,25,27)/b9-8+.